The van der Waals surface area contributed by atoms with Gasteiger partial charge in [-0.05, 0) is 51.4 Å². The van der Waals surface area contributed by atoms with Crippen LogP contribution in [0, 0.1) is 0 Å². The van der Waals surface area contributed by atoms with E-state index in [1.54, 1.807) is 11.9 Å². The second-order valence-electron chi connectivity index (χ2n) is 5.29. The Morgan fingerprint density at radius 3 is 2.94 bits per heavy atom. The van der Waals surface area contributed by atoms with Gasteiger partial charge in [0.25, 0.3) is 0 Å². The number of nitrogens with one attached hydrogen (secondary N) is 1. The predicted molar refractivity (Wildman–Crippen MR) is 73.7 cm³/mol. The minimum Gasteiger partial charge on any atom is -0.369 e. The van der Waals surface area contributed by atoms with E-state index in [4.69, 9.17) is 0 Å². The van der Waals surface area contributed by atoms with Crippen molar-refractivity contribution in [2.45, 2.75) is 51.4 Å². The molecule has 2 aliphatic rings. The molecule has 0 unspecified atom stereocenters. The van der Waals surface area contributed by atoms with Crippen LogP contribution in [0.15, 0.2) is 18.0 Å². The van der Waals surface area contributed by atoms with Crippen LogP contribution < -0.4 is 5.32 Å². The summed E-state index contributed by atoms with van der Waals surface area (Å²) in [5.41, 5.74) is 4.24. The molecule has 96 valence electrons. The van der Waals surface area contributed by atoms with Gasteiger partial charge in [-0.25, -0.2) is 9.97 Å². The summed E-state index contributed by atoms with van der Waals surface area (Å²) >= 11 is 0. The Morgan fingerprint density at radius 2 is 2.06 bits per heavy atom. The van der Waals surface area contributed by atoms with E-state index < -0.39 is 0 Å². The molecular formula is C15H21N3. The van der Waals surface area contributed by atoms with Gasteiger partial charge in [0.15, 0.2) is 0 Å². The van der Waals surface area contributed by atoms with E-state index in [1.165, 1.54) is 49.8 Å². The molecule has 1 N–H and O–H groups in total. The van der Waals surface area contributed by atoms with Gasteiger partial charge >= 0.3 is 0 Å². The van der Waals surface area contributed by atoms with Crippen molar-refractivity contribution in [3.8, 4) is 0 Å². The zero-order valence-corrected chi connectivity index (χ0v) is 10.9. The molecule has 0 aliphatic heterocycles. The van der Waals surface area contributed by atoms with Crippen LogP contribution in [0.5, 0.6) is 0 Å². The summed E-state index contributed by atoms with van der Waals surface area (Å²) in [5, 5.41) is 3.50. The Kier molecular flexibility index (Phi) is 3.58. The van der Waals surface area contributed by atoms with E-state index >= 15 is 0 Å². The maximum atomic E-state index is 4.39. The molecule has 3 nitrogen and oxygen atoms in total. The van der Waals surface area contributed by atoms with Crippen LogP contribution in [0.4, 0.5) is 5.82 Å². The van der Waals surface area contributed by atoms with E-state index in [2.05, 4.69) is 21.4 Å². The summed E-state index contributed by atoms with van der Waals surface area (Å²) < 4.78 is 0. The molecule has 0 atom stereocenters. The number of hydrogen-bond donors (Lipinski definition) is 1. The third-order valence-electron chi connectivity index (χ3n) is 4.00. The van der Waals surface area contributed by atoms with Crippen molar-refractivity contribution in [3.63, 3.8) is 0 Å². The highest BCUT2D eigenvalue weighted by molar-refractivity contribution is 5.47. The van der Waals surface area contributed by atoms with E-state index in [9.17, 15) is 0 Å². The maximum absolute atomic E-state index is 4.39. The molecule has 0 saturated carbocycles. The van der Waals surface area contributed by atoms with E-state index in [-0.39, 0.29) is 0 Å². The number of fused-ring (bicyclic) bond motifs is 1. The second-order valence-corrected chi connectivity index (χ2v) is 5.29. The van der Waals surface area contributed by atoms with Crippen molar-refractivity contribution in [1.82, 2.24) is 9.97 Å². The molecule has 0 fully saturated rings. The second kappa shape index (κ2) is 5.51. The Hall–Kier alpha value is -1.38. The zero-order valence-electron chi connectivity index (χ0n) is 10.9. The Morgan fingerprint density at radius 1 is 1.06 bits per heavy atom. The fourth-order valence-electron chi connectivity index (χ4n) is 2.99. The molecule has 1 aromatic heterocycles. The lowest BCUT2D eigenvalue weighted by molar-refractivity contribution is 0.679. The molecule has 1 aromatic rings. The van der Waals surface area contributed by atoms with Crippen molar-refractivity contribution in [2.24, 2.45) is 0 Å². The molecule has 2 aliphatic carbocycles. The van der Waals surface area contributed by atoms with E-state index in [0.29, 0.717) is 0 Å². The monoisotopic (exact) mass is 243 g/mol. The van der Waals surface area contributed by atoms with Crippen LogP contribution in [0.25, 0.3) is 0 Å². The smallest absolute Gasteiger partial charge is 0.132 e. The fraction of sp³-hybridized carbons (Fsp3) is 0.600. The first kappa shape index (κ1) is 11.7. The molecule has 1 heterocycles. The van der Waals surface area contributed by atoms with Crippen molar-refractivity contribution < 1.29 is 0 Å². The Labute approximate surface area is 109 Å². The highest BCUT2D eigenvalue weighted by Crippen LogP contribution is 2.25. The number of nitrogens with zero attached hydrogens (tertiary/aromatic N) is 2. The van der Waals surface area contributed by atoms with E-state index in [1.807, 2.05) is 0 Å². The minimum absolute atomic E-state index is 1.01. The van der Waals surface area contributed by atoms with Crippen LogP contribution in [-0.4, -0.2) is 16.5 Å². The summed E-state index contributed by atoms with van der Waals surface area (Å²) in [6, 6.07) is 0. The Bertz CT molecular complexity index is 451. The first-order valence-corrected chi connectivity index (χ1v) is 7.18. The van der Waals surface area contributed by atoms with E-state index in [0.717, 1.165) is 25.2 Å². The molecule has 0 saturated heterocycles. The van der Waals surface area contributed by atoms with Gasteiger partial charge in [-0.1, -0.05) is 11.6 Å². The molecule has 0 aromatic carbocycles. The molecule has 3 rings (SSSR count). The van der Waals surface area contributed by atoms with Gasteiger partial charge in [0.2, 0.25) is 0 Å². The number of anilines is 1. The van der Waals surface area contributed by atoms with Crippen LogP contribution >= 0.6 is 0 Å². The van der Waals surface area contributed by atoms with Crippen molar-refractivity contribution >= 4 is 5.82 Å². The standard InChI is InChI=1S/C15H21N3/c1-2-5-12(6-3-1)9-10-16-15-13-7-4-8-14(13)17-11-18-15/h5,11H,1-4,6-10H2,(H,16,17,18). The number of rotatable bonds is 4. The summed E-state index contributed by atoms with van der Waals surface area (Å²) in [5.74, 6) is 1.08. The Balaban J connectivity index is 1.57. The molecule has 18 heavy (non-hydrogen) atoms. The number of aromatic nitrogens is 2. The van der Waals surface area contributed by atoms with Crippen molar-refractivity contribution in [2.75, 3.05) is 11.9 Å². The van der Waals surface area contributed by atoms with Gasteiger partial charge in [0.05, 0.1) is 0 Å². The summed E-state index contributed by atoms with van der Waals surface area (Å²) in [4.78, 5) is 8.75. The third kappa shape index (κ3) is 2.55. The molecule has 3 heteroatoms. The van der Waals surface area contributed by atoms with Gasteiger partial charge < -0.3 is 5.32 Å². The molecule has 0 spiro atoms. The summed E-state index contributed by atoms with van der Waals surface area (Å²) in [6.45, 7) is 1.01. The number of aryl methyl sites for hydroxylation is 1. The molecular weight excluding hydrogens is 222 g/mol. The number of allylic oxidation sites excluding steroid dienone is 1. The average molecular weight is 243 g/mol. The average Bonchev–Trinajstić information content (AvgIpc) is 2.89. The van der Waals surface area contributed by atoms with Gasteiger partial charge in [0.1, 0.15) is 12.1 Å². The highest BCUT2D eigenvalue weighted by atomic mass is 15.0. The molecule has 0 radical (unpaired) electrons. The number of hydrogen-bond acceptors (Lipinski definition) is 3. The van der Waals surface area contributed by atoms with Crippen molar-refractivity contribution in [3.05, 3.63) is 29.2 Å². The van der Waals surface area contributed by atoms with Crippen LogP contribution in [0.3, 0.4) is 0 Å². The lowest BCUT2D eigenvalue weighted by Gasteiger charge is -2.14. The van der Waals surface area contributed by atoms with Gasteiger partial charge in [-0.3, -0.25) is 0 Å². The van der Waals surface area contributed by atoms with Crippen LogP contribution in [0.1, 0.15) is 49.8 Å². The minimum atomic E-state index is 1.01. The van der Waals surface area contributed by atoms with Crippen LogP contribution in [-0.2, 0) is 12.8 Å². The lowest BCUT2D eigenvalue weighted by atomic mass is 9.97. The molecule has 0 amide bonds. The normalized spacial score (nSPS) is 18.3. The first-order valence-electron chi connectivity index (χ1n) is 7.18. The fourth-order valence-corrected chi connectivity index (χ4v) is 2.99. The predicted octanol–water partition coefficient (Wildman–Crippen LogP) is 3.27. The van der Waals surface area contributed by atoms with Crippen LogP contribution in [0.2, 0.25) is 0 Å². The first-order chi connectivity index (χ1) is 8.93. The van der Waals surface area contributed by atoms with Gasteiger partial charge in [-0.2, -0.15) is 0 Å². The zero-order chi connectivity index (χ0) is 12.2. The van der Waals surface area contributed by atoms with Gasteiger partial charge in [0, 0.05) is 17.8 Å². The molecule has 0 bridgehead atoms. The third-order valence-corrected chi connectivity index (χ3v) is 4.00. The van der Waals surface area contributed by atoms with Crippen molar-refractivity contribution in [1.29, 1.82) is 0 Å². The lowest BCUT2D eigenvalue weighted by Crippen LogP contribution is -2.08. The quantitative estimate of drug-likeness (QED) is 0.825. The SMILES string of the molecule is C1=C(CCNc2ncnc3c2CCC3)CCCC1. The summed E-state index contributed by atoms with van der Waals surface area (Å²) in [6.07, 6.45) is 14.1. The summed E-state index contributed by atoms with van der Waals surface area (Å²) in [7, 11) is 0. The highest BCUT2D eigenvalue weighted by Gasteiger charge is 2.16. The van der Waals surface area contributed by atoms with Gasteiger partial charge in [-0.15, -0.1) is 0 Å². The topological polar surface area (TPSA) is 37.8 Å². The maximum Gasteiger partial charge on any atom is 0.132 e. The largest absolute Gasteiger partial charge is 0.369 e.